The average Bonchev–Trinajstić information content (AvgIpc) is 2.93. The quantitative estimate of drug-likeness (QED) is 0.799. The van der Waals surface area contributed by atoms with Gasteiger partial charge in [0.15, 0.2) is 17.1 Å². The third kappa shape index (κ3) is 2.22. The summed E-state index contributed by atoms with van der Waals surface area (Å²) >= 11 is 0. The smallest absolute Gasteiger partial charge is 0.263 e. The number of allylic oxidation sites excluding steroid dienone is 1. The maximum absolute atomic E-state index is 12.6. The van der Waals surface area contributed by atoms with Crippen molar-refractivity contribution in [2.45, 2.75) is 13.0 Å². The summed E-state index contributed by atoms with van der Waals surface area (Å²) < 4.78 is 1.90. The molecule has 1 amide bonds. The highest BCUT2D eigenvalue weighted by Gasteiger charge is 2.27. The lowest BCUT2D eigenvalue weighted by Gasteiger charge is -2.14. The Kier molecular flexibility index (Phi) is 3.04. The highest BCUT2D eigenvalue weighted by Crippen LogP contribution is 2.12. The van der Waals surface area contributed by atoms with Crippen LogP contribution in [0.3, 0.4) is 0 Å². The zero-order chi connectivity index (χ0) is 15.8. The number of imidazole rings is 1. The van der Waals surface area contributed by atoms with Gasteiger partial charge in [-0.2, -0.15) is 0 Å². The van der Waals surface area contributed by atoms with Crippen molar-refractivity contribution in [2.75, 3.05) is 10.6 Å². The summed E-state index contributed by atoms with van der Waals surface area (Å²) in [5.74, 6) is 0.0169. The number of anilines is 2. The van der Waals surface area contributed by atoms with Gasteiger partial charge in [-0.25, -0.2) is 4.98 Å². The number of hydrogen-bond donors (Lipinski definition) is 2. The fraction of sp³-hybridized carbons (Fsp3) is 0.125. The van der Waals surface area contributed by atoms with Crippen molar-refractivity contribution in [3.05, 3.63) is 47.6 Å². The summed E-state index contributed by atoms with van der Waals surface area (Å²) in [7, 11) is 0. The third-order valence-electron chi connectivity index (χ3n) is 3.81. The second-order valence-electron chi connectivity index (χ2n) is 5.23. The molecule has 0 spiro atoms. The Morgan fingerprint density at radius 1 is 1.30 bits per heavy atom. The average molecular weight is 307 g/mol. The molecule has 0 bridgehead atoms. The maximum Gasteiger partial charge on any atom is 0.263 e. The van der Waals surface area contributed by atoms with Gasteiger partial charge in [0, 0.05) is 37.2 Å². The van der Waals surface area contributed by atoms with Crippen molar-refractivity contribution in [1.29, 1.82) is 0 Å². The Hall–Kier alpha value is -3.22. The Bertz CT molecular complexity index is 956. The number of nitrogens with zero attached hydrogens (tertiary/aromatic N) is 3. The number of aromatic nitrogens is 3. The Balaban J connectivity index is 1.84. The second kappa shape index (κ2) is 5.20. The molecule has 0 saturated heterocycles. The lowest BCUT2D eigenvalue weighted by Crippen LogP contribution is -2.40. The first-order valence-corrected chi connectivity index (χ1v) is 7.23. The van der Waals surface area contributed by atoms with E-state index in [1.54, 1.807) is 30.7 Å². The molecule has 4 heterocycles. The molecule has 0 saturated carbocycles. The summed E-state index contributed by atoms with van der Waals surface area (Å²) in [5, 5.41) is 6.64. The highest BCUT2D eigenvalue weighted by atomic mass is 16.2. The minimum atomic E-state index is -0.447. The van der Waals surface area contributed by atoms with E-state index in [0.717, 1.165) is 5.35 Å². The normalized spacial score (nSPS) is 15.3. The van der Waals surface area contributed by atoms with Crippen LogP contribution < -0.4 is 21.5 Å². The molecule has 0 fully saturated rings. The zero-order valence-electron chi connectivity index (χ0n) is 12.1. The molecule has 0 radical (unpaired) electrons. The van der Waals surface area contributed by atoms with E-state index < -0.39 is 5.91 Å². The van der Waals surface area contributed by atoms with Gasteiger partial charge >= 0.3 is 0 Å². The van der Waals surface area contributed by atoms with Gasteiger partial charge in [0.2, 0.25) is 0 Å². The molecular weight excluding hydrogens is 294 g/mol. The Labute approximate surface area is 131 Å². The van der Waals surface area contributed by atoms with E-state index in [-0.39, 0.29) is 17.8 Å². The monoisotopic (exact) mass is 307 g/mol. The lowest BCUT2D eigenvalue weighted by molar-refractivity contribution is -0.117. The van der Waals surface area contributed by atoms with Gasteiger partial charge in [-0.05, 0) is 24.3 Å². The van der Waals surface area contributed by atoms with Gasteiger partial charge in [0.05, 0.1) is 5.35 Å². The summed E-state index contributed by atoms with van der Waals surface area (Å²) in [6.07, 6.45) is 8.98. The van der Waals surface area contributed by atoms with Crippen LogP contribution in [0.5, 0.6) is 0 Å². The molecule has 23 heavy (non-hydrogen) atoms. The molecule has 0 atom stereocenters. The van der Waals surface area contributed by atoms with E-state index in [4.69, 9.17) is 0 Å². The number of rotatable bonds is 2. The molecule has 2 aliphatic heterocycles. The maximum atomic E-state index is 12.6. The first-order valence-electron chi connectivity index (χ1n) is 7.23. The summed E-state index contributed by atoms with van der Waals surface area (Å²) in [6, 6.07) is 3.34. The Morgan fingerprint density at radius 3 is 2.96 bits per heavy atom. The number of Topliss-reactive ketones (excluding diaryl/α,β-unsaturated/α-hetero) is 1. The minimum Gasteiger partial charge on any atom is -0.345 e. The van der Waals surface area contributed by atoms with Gasteiger partial charge < -0.3 is 15.2 Å². The van der Waals surface area contributed by atoms with E-state index >= 15 is 0 Å². The number of carbonyl (C=O) groups is 2. The fourth-order valence-electron chi connectivity index (χ4n) is 2.74. The van der Waals surface area contributed by atoms with Crippen LogP contribution in [0.1, 0.15) is 6.42 Å². The van der Waals surface area contributed by atoms with E-state index in [2.05, 4.69) is 20.6 Å². The SMILES string of the molecule is O=C1CCn2c(nc3c2=CC=CN3)=C1C(=O)Nc1ccncc1. The van der Waals surface area contributed by atoms with Gasteiger partial charge in [0.25, 0.3) is 5.91 Å². The van der Waals surface area contributed by atoms with Gasteiger partial charge in [-0.15, -0.1) is 0 Å². The Morgan fingerprint density at radius 2 is 2.13 bits per heavy atom. The predicted octanol–water partition coefficient (Wildman–Crippen LogP) is -0.240. The molecule has 2 aromatic rings. The van der Waals surface area contributed by atoms with Crippen LogP contribution in [0.2, 0.25) is 0 Å². The highest BCUT2D eigenvalue weighted by molar-refractivity contribution is 6.43. The molecule has 2 aromatic heterocycles. The van der Waals surface area contributed by atoms with Gasteiger partial charge in [0.1, 0.15) is 5.57 Å². The van der Waals surface area contributed by atoms with Crippen LogP contribution in [0.25, 0.3) is 11.6 Å². The van der Waals surface area contributed by atoms with Crippen molar-refractivity contribution in [3.63, 3.8) is 0 Å². The first-order chi connectivity index (χ1) is 11.2. The molecule has 114 valence electrons. The minimum absolute atomic E-state index is 0.0951. The van der Waals surface area contributed by atoms with Crippen LogP contribution in [-0.2, 0) is 16.1 Å². The van der Waals surface area contributed by atoms with Gasteiger partial charge in [-0.1, -0.05) is 0 Å². The van der Waals surface area contributed by atoms with E-state index in [9.17, 15) is 9.59 Å². The van der Waals surface area contributed by atoms with Crippen LogP contribution >= 0.6 is 0 Å². The van der Waals surface area contributed by atoms with Crippen LogP contribution in [0.4, 0.5) is 11.5 Å². The van der Waals surface area contributed by atoms with Crippen LogP contribution in [0.15, 0.2) is 36.8 Å². The van der Waals surface area contributed by atoms with Crippen LogP contribution in [0, 0.1) is 0 Å². The number of amides is 1. The van der Waals surface area contributed by atoms with Crippen molar-refractivity contribution < 1.29 is 9.59 Å². The number of carbonyl (C=O) groups excluding carboxylic acids is 2. The van der Waals surface area contributed by atoms with Crippen LogP contribution in [-0.4, -0.2) is 26.2 Å². The predicted molar refractivity (Wildman–Crippen MR) is 84.6 cm³/mol. The fourth-order valence-corrected chi connectivity index (χ4v) is 2.74. The van der Waals surface area contributed by atoms with Crippen molar-refractivity contribution in [2.24, 2.45) is 0 Å². The number of hydrogen-bond acceptors (Lipinski definition) is 5. The molecule has 0 unspecified atom stereocenters. The molecule has 7 nitrogen and oxygen atoms in total. The number of ketones is 1. The van der Waals surface area contributed by atoms with E-state index in [1.165, 1.54) is 0 Å². The number of pyridine rings is 1. The van der Waals surface area contributed by atoms with E-state index in [1.807, 2.05) is 16.7 Å². The summed E-state index contributed by atoms with van der Waals surface area (Å²) in [5.41, 5.74) is 1.09. The summed E-state index contributed by atoms with van der Waals surface area (Å²) in [4.78, 5) is 33.2. The number of fused-ring (bicyclic) bond motifs is 3. The van der Waals surface area contributed by atoms with Crippen molar-refractivity contribution in [3.8, 4) is 0 Å². The zero-order valence-corrected chi connectivity index (χ0v) is 12.1. The second-order valence-corrected chi connectivity index (χ2v) is 5.23. The molecule has 2 N–H and O–H groups in total. The number of nitrogens with one attached hydrogen (secondary N) is 2. The molecule has 7 heteroatoms. The van der Waals surface area contributed by atoms with Gasteiger partial charge in [-0.3, -0.25) is 14.6 Å². The lowest BCUT2D eigenvalue weighted by atomic mass is 10.1. The molecule has 0 aliphatic carbocycles. The molecular formula is C16H13N5O2. The van der Waals surface area contributed by atoms with E-state index in [0.29, 0.717) is 23.5 Å². The third-order valence-corrected chi connectivity index (χ3v) is 3.81. The molecule has 2 aliphatic rings. The molecule has 4 rings (SSSR count). The van der Waals surface area contributed by atoms with Crippen molar-refractivity contribution in [1.82, 2.24) is 14.5 Å². The standard InChI is InChI=1S/C16H13N5O2/c22-12-5-9-21-11-2-1-6-18-14(11)20-15(21)13(12)16(23)19-10-3-7-17-8-4-10/h1-4,6-8H,5,9H2,(H,18,20)(H,17,19,23). The topological polar surface area (TPSA) is 88.9 Å². The molecule has 0 aromatic carbocycles. The summed E-state index contributed by atoms with van der Waals surface area (Å²) in [6.45, 7) is 0.522. The largest absolute Gasteiger partial charge is 0.345 e. The first kappa shape index (κ1) is 13.4. The van der Waals surface area contributed by atoms with Crippen molar-refractivity contribution >= 4 is 34.8 Å².